The molecular formula is C14H31N3. The largest absolute Gasteiger partial charge is 0.329 e. The van der Waals surface area contributed by atoms with Gasteiger partial charge in [-0.2, -0.15) is 0 Å². The highest BCUT2D eigenvalue weighted by Crippen LogP contribution is 2.25. The van der Waals surface area contributed by atoms with E-state index >= 15 is 0 Å². The summed E-state index contributed by atoms with van der Waals surface area (Å²) in [7, 11) is 4.38. The Morgan fingerprint density at radius 2 is 2.00 bits per heavy atom. The summed E-state index contributed by atoms with van der Waals surface area (Å²) in [6, 6.07) is 1.26. The van der Waals surface area contributed by atoms with Gasteiger partial charge in [-0.15, -0.1) is 0 Å². The number of likely N-dealkylation sites (N-methyl/N-ethyl adjacent to an activating group) is 1. The smallest absolute Gasteiger partial charge is 0.0224 e. The molecule has 1 heterocycles. The lowest BCUT2D eigenvalue weighted by Gasteiger charge is -2.42. The van der Waals surface area contributed by atoms with E-state index in [4.69, 9.17) is 5.73 Å². The van der Waals surface area contributed by atoms with E-state index in [0.29, 0.717) is 17.5 Å². The summed E-state index contributed by atoms with van der Waals surface area (Å²) in [5.74, 6) is 0. The zero-order chi connectivity index (χ0) is 13.1. The van der Waals surface area contributed by atoms with E-state index in [1.807, 2.05) is 0 Å². The fraction of sp³-hybridized carbons (Fsp3) is 1.00. The molecule has 17 heavy (non-hydrogen) atoms. The third kappa shape index (κ3) is 4.94. The van der Waals surface area contributed by atoms with Crippen LogP contribution in [0.5, 0.6) is 0 Å². The van der Waals surface area contributed by atoms with E-state index in [1.165, 1.54) is 32.4 Å². The molecule has 2 atom stereocenters. The third-order valence-corrected chi connectivity index (χ3v) is 3.79. The fourth-order valence-electron chi connectivity index (χ4n) is 2.80. The molecule has 0 aromatic rings. The molecule has 0 spiro atoms. The zero-order valence-corrected chi connectivity index (χ0v) is 12.4. The number of nitrogens with zero attached hydrogens (tertiary/aromatic N) is 2. The first kappa shape index (κ1) is 14.9. The van der Waals surface area contributed by atoms with Gasteiger partial charge in [0.05, 0.1) is 0 Å². The molecule has 3 heteroatoms. The van der Waals surface area contributed by atoms with E-state index in [1.54, 1.807) is 0 Å². The highest BCUT2D eigenvalue weighted by molar-refractivity contribution is 4.85. The molecule has 0 bridgehead atoms. The lowest BCUT2D eigenvalue weighted by atomic mass is 9.86. The molecule has 0 aliphatic carbocycles. The van der Waals surface area contributed by atoms with Crippen LogP contribution in [0.15, 0.2) is 0 Å². The van der Waals surface area contributed by atoms with Gasteiger partial charge in [-0.3, -0.25) is 4.90 Å². The number of rotatable bonds is 4. The number of hydrogen-bond acceptors (Lipinski definition) is 3. The van der Waals surface area contributed by atoms with Crippen LogP contribution in [0.25, 0.3) is 0 Å². The number of nitrogens with two attached hydrogens (primary N) is 1. The second-order valence-electron chi connectivity index (χ2n) is 6.91. The number of likely N-dealkylation sites (tertiary alicyclic amines) is 1. The Labute approximate surface area is 107 Å². The Morgan fingerprint density at radius 3 is 2.47 bits per heavy atom. The summed E-state index contributed by atoms with van der Waals surface area (Å²) >= 11 is 0. The van der Waals surface area contributed by atoms with E-state index < -0.39 is 0 Å². The van der Waals surface area contributed by atoms with Gasteiger partial charge in [-0.05, 0) is 45.3 Å². The third-order valence-electron chi connectivity index (χ3n) is 3.79. The summed E-state index contributed by atoms with van der Waals surface area (Å²) in [4.78, 5) is 4.97. The monoisotopic (exact) mass is 241 g/mol. The highest BCUT2D eigenvalue weighted by Gasteiger charge is 2.28. The minimum absolute atomic E-state index is 0.370. The molecule has 0 aromatic carbocycles. The van der Waals surface area contributed by atoms with Crippen molar-refractivity contribution in [3.05, 3.63) is 0 Å². The molecule has 1 fully saturated rings. The van der Waals surface area contributed by atoms with Gasteiger partial charge in [0, 0.05) is 25.2 Å². The topological polar surface area (TPSA) is 32.5 Å². The molecule has 102 valence electrons. The lowest BCUT2D eigenvalue weighted by molar-refractivity contribution is 0.0794. The maximum Gasteiger partial charge on any atom is 0.0224 e. The summed E-state index contributed by atoms with van der Waals surface area (Å²) in [5.41, 5.74) is 6.35. The minimum atomic E-state index is 0.370. The van der Waals surface area contributed by atoms with Crippen molar-refractivity contribution in [1.29, 1.82) is 0 Å². The molecule has 2 unspecified atom stereocenters. The van der Waals surface area contributed by atoms with E-state index in [-0.39, 0.29) is 0 Å². The van der Waals surface area contributed by atoms with Crippen molar-refractivity contribution in [1.82, 2.24) is 9.80 Å². The van der Waals surface area contributed by atoms with Crippen LogP contribution in [0.3, 0.4) is 0 Å². The van der Waals surface area contributed by atoms with Crippen molar-refractivity contribution < 1.29 is 0 Å². The van der Waals surface area contributed by atoms with Crippen LogP contribution < -0.4 is 5.73 Å². The van der Waals surface area contributed by atoms with Crippen molar-refractivity contribution in [3.63, 3.8) is 0 Å². The molecule has 0 amide bonds. The van der Waals surface area contributed by atoms with Crippen LogP contribution >= 0.6 is 0 Å². The van der Waals surface area contributed by atoms with E-state index in [0.717, 1.165) is 6.54 Å². The molecule has 0 saturated carbocycles. The van der Waals surface area contributed by atoms with Gasteiger partial charge in [0.25, 0.3) is 0 Å². The van der Waals surface area contributed by atoms with Crippen molar-refractivity contribution in [2.24, 2.45) is 11.1 Å². The molecule has 2 N–H and O–H groups in total. The maximum atomic E-state index is 5.98. The molecule has 0 aromatic heterocycles. The van der Waals surface area contributed by atoms with Crippen LogP contribution in [-0.4, -0.2) is 55.6 Å². The van der Waals surface area contributed by atoms with Gasteiger partial charge in [0.1, 0.15) is 0 Å². The molecular weight excluding hydrogens is 210 g/mol. The normalized spacial score (nSPS) is 25.2. The van der Waals surface area contributed by atoms with Crippen LogP contribution in [0.1, 0.15) is 40.0 Å². The lowest BCUT2D eigenvalue weighted by Crippen LogP contribution is -2.52. The van der Waals surface area contributed by atoms with E-state index in [9.17, 15) is 0 Å². The van der Waals surface area contributed by atoms with Gasteiger partial charge in [0.15, 0.2) is 0 Å². The SMILES string of the molecule is CN(C)C1CCCN(C(CN)CC(C)(C)C)C1. The van der Waals surface area contributed by atoms with Gasteiger partial charge >= 0.3 is 0 Å². The summed E-state index contributed by atoms with van der Waals surface area (Å²) in [5, 5.41) is 0. The fourth-order valence-corrected chi connectivity index (χ4v) is 2.80. The predicted molar refractivity (Wildman–Crippen MR) is 75.2 cm³/mol. The highest BCUT2D eigenvalue weighted by atomic mass is 15.2. The quantitative estimate of drug-likeness (QED) is 0.814. The average molecular weight is 241 g/mol. The maximum absolute atomic E-state index is 5.98. The second-order valence-corrected chi connectivity index (χ2v) is 6.91. The van der Waals surface area contributed by atoms with Crippen LogP contribution in [-0.2, 0) is 0 Å². The standard InChI is InChI=1S/C14H31N3/c1-14(2,3)9-13(10-15)17-8-6-7-12(11-17)16(4)5/h12-13H,6-11,15H2,1-5H3. The van der Waals surface area contributed by atoms with Crippen molar-refractivity contribution in [3.8, 4) is 0 Å². The molecule has 0 radical (unpaired) electrons. The minimum Gasteiger partial charge on any atom is -0.329 e. The van der Waals surface area contributed by atoms with Crippen molar-refractivity contribution in [2.75, 3.05) is 33.7 Å². The molecule has 3 nitrogen and oxygen atoms in total. The summed E-state index contributed by atoms with van der Waals surface area (Å²) < 4.78 is 0. The molecule has 1 saturated heterocycles. The van der Waals surface area contributed by atoms with Crippen LogP contribution in [0, 0.1) is 5.41 Å². The van der Waals surface area contributed by atoms with Gasteiger partial charge in [-0.25, -0.2) is 0 Å². The summed E-state index contributed by atoms with van der Waals surface area (Å²) in [6.45, 7) is 10.1. The second kappa shape index (κ2) is 6.17. The van der Waals surface area contributed by atoms with Gasteiger partial charge < -0.3 is 10.6 Å². The zero-order valence-electron chi connectivity index (χ0n) is 12.4. The van der Waals surface area contributed by atoms with Crippen molar-refractivity contribution >= 4 is 0 Å². The van der Waals surface area contributed by atoms with Crippen molar-refractivity contribution in [2.45, 2.75) is 52.1 Å². The predicted octanol–water partition coefficient (Wildman–Crippen LogP) is 1.78. The Bertz CT molecular complexity index is 220. The van der Waals surface area contributed by atoms with Gasteiger partial charge in [-0.1, -0.05) is 20.8 Å². The molecule has 1 rings (SSSR count). The molecule has 1 aliphatic heterocycles. The van der Waals surface area contributed by atoms with E-state index in [2.05, 4.69) is 44.7 Å². The Kier molecular flexibility index (Phi) is 5.42. The number of hydrogen-bond donors (Lipinski definition) is 1. The van der Waals surface area contributed by atoms with Crippen LogP contribution in [0.2, 0.25) is 0 Å². The Hall–Kier alpha value is -0.120. The first-order valence-electron chi connectivity index (χ1n) is 6.94. The molecule has 1 aliphatic rings. The van der Waals surface area contributed by atoms with Crippen LogP contribution in [0.4, 0.5) is 0 Å². The van der Waals surface area contributed by atoms with Gasteiger partial charge in [0.2, 0.25) is 0 Å². The number of piperidine rings is 1. The first-order valence-corrected chi connectivity index (χ1v) is 6.94. The Balaban J connectivity index is 2.56. The average Bonchev–Trinajstić information content (AvgIpc) is 2.25. The first-order chi connectivity index (χ1) is 7.83. The summed E-state index contributed by atoms with van der Waals surface area (Å²) in [6.07, 6.45) is 3.84. The Morgan fingerprint density at radius 1 is 1.35 bits per heavy atom.